The van der Waals surface area contributed by atoms with E-state index < -0.39 is 5.60 Å². The molecule has 2 aliphatic rings. The molecule has 0 spiro atoms. The second-order valence-electron chi connectivity index (χ2n) is 10.4. The number of phenols is 1. The van der Waals surface area contributed by atoms with Crippen molar-refractivity contribution in [2.24, 2.45) is 0 Å². The van der Waals surface area contributed by atoms with Crippen LogP contribution in [0.4, 0.5) is 4.79 Å². The summed E-state index contributed by atoms with van der Waals surface area (Å²) in [5.41, 5.74) is 3.46. The first-order valence-electron chi connectivity index (χ1n) is 12.2. The van der Waals surface area contributed by atoms with Crippen molar-refractivity contribution in [3.8, 4) is 11.5 Å². The third-order valence-electron chi connectivity index (χ3n) is 6.48. The maximum atomic E-state index is 13.2. The van der Waals surface area contributed by atoms with Crippen LogP contribution in [-0.2, 0) is 11.3 Å². The number of Topliss-reactive ketones (excluding diaryl/α,β-unsaturated/α-hetero) is 1. The summed E-state index contributed by atoms with van der Waals surface area (Å²) in [7, 11) is 0. The zero-order valence-corrected chi connectivity index (χ0v) is 21.1. The molecule has 3 heterocycles. The maximum Gasteiger partial charge on any atom is 0.410 e. The van der Waals surface area contributed by atoms with Crippen molar-refractivity contribution in [2.75, 3.05) is 26.2 Å². The van der Waals surface area contributed by atoms with Crippen LogP contribution in [0.15, 0.2) is 42.3 Å². The van der Waals surface area contributed by atoms with Crippen molar-refractivity contribution in [1.82, 2.24) is 14.8 Å². The molecule has 8 heteroatoms. The van der Waals surface area contributed by atoms with Crippen LogP contribution in [0.5, 0.6) is 11.5 Å². The van der Waals surface area contributed by atoms with Gasteiger partial charge in [-0.05, 0) is 58.0 Å². The van der Waals surface area contributed by atoms with Gasteiger partial charge < -0.3 is 24.5 Å². The van der Waals surface area contributed by atoms with E-state index in [1.54, 1.807) is 23.1 Å². The number of hydrogen-bond donors (Lipinski definition) is 2. The van der Waals surface area contributed by atoms with Gasteiger partial charge in [0.15, 0.2) is 5.76 Å². The molecule has 8 nitrogen and oxygen atoms in total. The summed E-state index contributed by atoms with van der Waals surface area (Å²) in [4.78, 5) is 32.6. The number of aromatic hydroxyl groups is 1. The van der Waals surface area contributed by atoms with Crippen LogP contribution in [0.3, 0.4) is 0 Å². The van der Waals surface area contributed by atoms with Gasteiger partial charge in [-0.15, -0.1) is 0 Å². The number of rotatable bonds is 3. The van der Waals surface area contributed by atoms with E-state index in [0.29, 0.717) is 49.6 Å². The molecule has 0 atom stereocenters. The van der Waals surface area contributed by atoms with Crippen molar-refractivity contribution in [3.05, 3.63) is 64.5 Å². The van der Waals surface area contributed by atoms with Gasteiger partial charge in [0.05, 0.1) is 11.1 Å². The Bertz CT molecular complexity index is 1370. The maximum absolute atomic E-state index is 13.2. The molecule has 1 saturated heterocycles. The zero-order valence-electron chi connectivity index (χ0n) is 21.1. The standard InChI is InChI=1S/C28H31N3O5/c1-17-5-7-22-20(13-17)18(15-29-22)14-24-25(33)19-6-8-23(32)21(26(19)35-24)16-30-9-11-31(12-10-30)27(34)36-28(2,3)4/h5-8,13-15,29,32H,9-12,16H2,1-4H3. The number of allylic oxidation sites excluding steroid dienone is 1. The van der Waals surface area contributed by atoms with Crippen molar-refractivity contribution in [1.29, 1.82) is 0 Å². The van der Waals surface area contributed by atoms with E-state index in [9.17, 15) is 14.7 Å². The topological polar surface area (TPSA) is 95.1 Å². The molecule has 0 unspecified atom stereocenters. The summed E-state index contributed by atoms with van der Waals surface area (Å²) in [5.74, 6) is 0.508. The fraction of sp³-hybridized carbons (Fsp3) is 0.357. The Morgan fingerprint density at radius 1 is 1.17 bits per heavy atom. The van der Waals surface area contributed by atoms with E-state index >= 15 is 0 Å². The van der Waals surface area contributed by atoms with E-state index in [0.717, 1.165) is 22.0 Å². The Morgan fingerprint density at radius 2 is 1.92 bits per heavy atom. The number of ketones is 1. The number of hydrogen-bond acceptors (Lipinski definition) is 6. The lowest BCUT2D eigenvalue weighted by Gasteiger charge is -2.35. The van der Waals surface area contributed by atoms with Gasteiger partial charge in [0.2, 0.25) is 5.78 Å². The number of nitrogens with zero attached hydrogens (tertiary/aromatic N) is 2. The molecule has 3 aromatic rings. The van der Waals surface area contributed by atoms with Gasteiger partial charge in [-0.1, -0.05) is 11.6 Å². The predicted molar refractivity (Wildman–Crippen MR) is 137 cm³/mol. The lowest BCUT2D eigenvalue weighted by atomic mass is 10.0. The summed E-state index contributed by atoms with van der Waals surface area (Å²) >= 11 is 0. The normalized spacial score (nSPS) is 17.5. The molecule has 1 amide bonds. The number of aromatic amines is 1. The van der Waals surface area contributed by atoms with Crippen LogP contribution >= 0.6 is 0 Å². The van der Waals surface area contributed by atoms with Crippen LogP contribution in [0.2, 0.25) is 0 Å². The lowest BCUT2D eigenvalue weighted by Crippen LogP contribution is -2.49. The highest BCUT2D eigenvalue weighted by atomic mass is 16.6. The molecule has 188 valence electrons. The van der Waals surface area contributed by atoms with E-state index in [1.165, 1.54) is 0 Å². The summed E-state index contributed by atoms with van der Waals surface area (Å²) in [6.07, 6.45) is 3.29. The van der Waals surface area contributed by atoms with Gasteiger partial charge in [-0.25, -0.2) is 4.79 Å². The molecule has 1 fully saturated rings. The summed E-state index contributed by atoms with van der Waals surface area (Å²) < 4.78 is 11.5. The number of fused-ring (bicyclic) bond motifs is 2. The zero-order chi connectivity index (χ0) is 25.6. The number of phenolic OH excluding ortho intramolecular Hbond substituents is 1. The van der Waals surface area contributed by atoms with Crippen molar-refractivity contribution >= 4 is 28.9 Å². The summed E-state index contributed by atoms with van der Waals surface area (Å²) in [6, 6.07) is 9.27. The monoisotopic (exact) mass is 489 g/mol. The largest absolute Gasteiger partial charge is 0.507 e. The first-order valence-corrected chi connectivity index (χ1v) is 12.2. The number of amides is 1. The fourth-order valence-electron chi connectivity index (χ4n) is 4.60. The third-order valence-corrected chi connectivity index (χ3v) is 6.48. The van der Waals surface area contributed by atoms with Gasteiger partial charge in [-0.3, -0.25) is 9.69 Å². The number of benzene rings is 2. The van der Waals surface area contributed by atoms with E-state index in [2.05, 4.69) is 16.0 Å². The van der Waals surface area contributed by atoms with Gasteiger partial charge in [0.25, 0.3) is 0 Å². The van der Waals surface area contributed by atoms with Crippen molar-refractivity contribution < 1.29 is 24.2 Å². The van der Waals surface area contributed by atoms with Gasteiger partial charge in [0, 0.05) is 55.4 Å². The van der Waals surface area contributed by atoms with Crippen molar-refractivity contribution in [2.45, 2.75) is 39.8 Å². The molecule has 2 aliphatic heterocycles. The molecule has 5 rings (SSSR count). The van der Waals surface area contributed by atoms with Crippen LogP contribution < -0.4 is 4.74 Å². The minimum Gasteiger partial charge on any atom is -0.507 e. The van der Waals surface area contributed by atoms with E-state index in [1.807, 2.05) is 46.0 Å². The molecule has 2 aromatic carbocycles. The molecule has 1 aromatic heterocycles. The van der Waals surface area contributed by atoms with Crippen molar-refractivity contribution in [3.63, 3.8) is 0 Å². The molecule has 0 saturated carbocycles. The van der Waals surface area contributed by atoms with Crippen LogP contribution in [0, 0.1) is 6.92 Å². The number of aryl methyl sites for hydroxylation is 1. The minimum absolute atomic E-state index is 0.0834. The molecule has 36 heavy (non-hydrogen) atoms. The number of aromatic nitrogens is 1. The van der Waals surface area contributed by atoms with E-state index in [-0.39, 0.29) is 23.4 Å². The average molecular weight is 490 g/mol. The Hall–Kier alpha value is -3.78. The van der Waals surface area contributed by atoms with Gasteiger partial charge in [0.1, 0.15) is 17.1 Å². The second kappa shape index (κ2) is 9.02. The van der Waals surface area contributed by atoms with Crippen LogP contribution in [-0.4, -0.2) is 63.5 Å². The number of carbonyl (C=O) groups is 2. The average Bonchev–Trinajstić information content (AvgIpc) is 3.36. The smallest absolute Gasteiger partial charge is 0.410 e. The van der Waals surface area contributed by atoms with Crippen LogP contribution in [0.1, 0.15) is 47.8 Å². The molecular formula is C28H31N3O5. The molecule has 0 aliphatic carbocycles. The number of ether oxygens (including phenoxy) is 2. The van der Waals surface area contributed by atoms with E-state index in [4.69, 9.17) is 9.47 Å². The quantitative estimate of drug-likeness (QED) is 0.511. The Balaban J connectivity index is 1.33. The van der Waals surface area contributed by atoms with Gasteiger partial charge in [-0.2, -0.15) is 0 Å². The second-order valence-corrected chi connectivity index (χ2v) is 10.4. The molecule has 0 radical (unpaired) electrons. The predicted octanol–water partition coefficient (Wildman–Crippen LogP) is 4.85. The first kappa shape index (κ1) is 23.9. The Morgan fingerprint density at radius 3 is 2.64 bits per heavy atom. The highest BCUT2D eigenvalue weighted by Gasteiger charge is 2.33. The third kappa shape index (κ3) is 4.68. The molecular weight excluding hydrogens is 458 g/mol. The Kier molecular flexibility index (Phi) is 6.00. The molecule has 2 N–H and O–H groups in total. The van der Waals surface area contributed by atoms with Crippen LogP contribution in [0.25, 0.3) is 17.0 Å². The first-order chi connectivity index (χ1) is 17.1. The fourth-order valence-corrected chi connectivity index (χ4v) is 4.60. The lowest BCUT2D eigenvalue weighted by molar-refractivity contribution is 0.0138. The molecule has 0 bridgehead atoms. The SMILES string of the molecule is Cc1ccc2[nH]cc(C=C3Oc4c(ccc(O)c4CN4CCN(C(=O)OC(C)(C)C)CC4)C3=O)c2c1. The summed E-state index contributed by atoms with van der Waals surface area (Å²) in [6.45, 7) is 10.3. The number of piperazine rings is 1. The Labute approximate surface area is 210 Å². The highest BCUT2D eigenvalue weighted by Crippen LogP contribution is 2.40. The number of carbonyl (C=O) groups excluding carboxylic acids is 2. The van der Waals surface area contributed by atoms with Gasteiger partial charge >= 0.3 is 6.09 Å². The number of H-pyrrole nitrogens is 1. The number of nitrogens with one attached hydrogen (secondary N) is 1. The summed E-state index contributed by atoms with van der Waals surface area (Å²) in [5, 5.41) is 11.7. The highest BCUT2D eigenvalue weighted by molar-refractivity contribution is 6.15. The minimum atomic E-state index is -0.536.